The lowest BCUT2D eigenvalue weighted by atomic mass is 9.87. The van der Waals surface area contributed by atoms with Crippen LogP contribution in [0.15, 0.2) is 24.3 Å². The van der Waals surface area contributed by atoms with Crippen molar-refractivity contribution in [2.75, 3.05) is 6.54 Å². The molecule has 9 nitrogen and oxygen atoms in total. The van der Waals surface area contributed by atoms with Gasteiger partial charge in [-0.1, -0.05) is 17.2 Å². The Morgan fingerprint density at radius 3 is 2.19 bits per heavy atom. The Bertz CT molecular complexity index is 895. The fourth-order valence-electron chi connectivity index (χ4n) is 3.37. The number of carbonyl (C=O) groups excluding carboxylic acids is 4. The summed E-state index contributed by atoms with van der Waals surface area (Å²) in [6, 6.07) is 4.07. The second-order valence-electron chi connectivity index (χ2n) is 8.41. The van der Waals surface area contributed by atoms with E-state index < -0.39 is 66.9 Å². The number of fused-ring (bicyclic) bond motifs is 1. The predicted octanol–water partition coefficient (Wildman–Crippen LogP) is 2.14. The average Bonchev–Trinajstić information content (AvgIpc) is 2.91. The van der Waals surface area contributed by atoms with Gasteiger partial charge in [-0.15, -0.1) is 0 Å². The van der Waals surface area contributed by atoms with Crippen LogP contribution in [0, 0.1) is 0 Å². The molecule has 3 amide bonds. The summed E-state index contributed by atoms with van der Waals surface area (Å²) >= 11 is 0. The Hall–Kier alpha value is -3.08. The van der Waals surface area contributed by atoms with Gasteiger partial charge in [0.2, 0.25) is 0 Å². The second kappa shape index (κ2) is 7.88. The number of hydrogen-bond acceptors (Lipinski definition) is 7. The Morgan fingerprint density at radius 2 is 1.71 bits per heavy atom. The molecule has 1 aromatic rings. The van der Waals surface area contributed by atoms with Crippen LogP contribution >= 0.6 is 0 Å². The molecule has 2 atom stereocenters. The zero-order chi connectivity index (χ0) is 23.1. The third-order valence-corrected chi connectivity index (χ3v) is 4.95. The number of aliphatic hydroxyl groups is 1. The van der Waals surface area contributed by atoms with Crippen LogP contribution in [0.3, 0.4) is 0 Å². The number of rotatable bonds is 3. The fraction of sp³-hybridized carbons (Fsp3) is 0.500. The van der Waals surface area contributed by atoms with Gasteiger partial charge < -0.3 is 14.7 Å². The number of amides is 3. The number of imide groups is 1. The molecular weight excluding hydrogens is 418 g/mol. The first kappa shape index (κ1) is 22.6. The standard InChI is InChI=1S/C20H22F2N2O7/c1-19(2,3)30-18(28)23-9-8-20(29,17(21)22)10-13(23)16(27)31-24-14(25)11-6-4-5-7-12(11)15(24)26/h4-7,13,17,29H,8-10H2,1-3H3. The van der Waals surface area contributed by atoms with Gasteiger partial charge >= 0.3 is 12.1 Å². The molecule has 0 aliphatic carbocycles. The van der Waals surface area contributed by atoms with Gasteiger partial charge in [0.15, 0.2) is 0 Å². The van der Waals surface area contributed by atoms with Gasteiger partial charge in [-0.2, -0.15) is 0 Å². The second-order valence-corrected chi connectivity index (χ2v) is 8.41. The summed E-state index contributed by atoms with van der Waals surface area (Å²) in [5.74, 6) is -3.13. The molecule has 31 heavy (non-hydrogen) atoms. The molecule has 0 spiro atoms. The van der Waals surface area contributed by atoms with Crippen molar-refractivity contribution in [2.45, 2.75) is 57.3 Å². The van der Waals surface area contributed by atoms with E-state index >= 15 is 0 Å². The van der Waals surface area contributed by atoms with Crippen molar-refractivity contribution < 1.29 is 42.6 Å². The number of benzene rings is 1. The summed E-state index contributed by atoms with van der Waals surface area (Å²) in [4.78, 5) is 56.0. The normalized spacial score (nSPS) is 23.8. The summed E-state index contributed by atoms with van der Waals surface area (Å²) in [7, 11) is 0. The molecule has 1 fully saturated rings. The van der Waals surface area contributed by atoms with Crippen molar-refractivity contribution >= 4 is 23.9 Å². The first-order valence-electron chi connectivity index (χ1n) is 9.54. The molecule has 0 aromatic heterocycles. The maximum absolute atomic E-state index is 13.4. The Balaban J connectivity index is 1.84. The summed E-state index contributed by atoms with van der Waals surface area (Å²) in [6.45, 7) is 4.32. The Kier molecular flexibility index (Phi) is 5.74. The molecule has 1 saturated heterocycles. The average molecular weight is 440 g/mol. The van der Waals surface area contributed by atoms with Gasteiger partial charge in [0.25, 0.3) is 18.2 Å². The molecule has 1 aromatic carbocycles. The lowest BCUT2D eigenvalue weighted by Crippen LogP contribution is -2.59. The maximum atomic E-state index is 13.4. The number of piperidine rings is 1. The van der Waals surface area contributed by atoms with Crippen molar-refractivity contribution in [3.63, 3.8) is 0 Å². The highest BCUT2D eigenvalue weighted by atomic mass is 19.3. The minimum Gasteiger partial charge on any atom is -0.444 e. The van der Waals surface area contributed by atoms with Gasteiger partial charge in [-0.3, -0.25) is 14.5 Å². The third-order valence-electron chi connectivity index (χ3n) is 4.95. The zero-order valence-corrected chi connectivity index (χ0v) is 17.1. The minimum atomic E-state index is -3.19. The van der Waals surface area contributed by atoms with Crippen LogP contribution in [0.2, 0.25) is 0 Å². The quantitative estimate of drug-likeness (QED) is 0.717. The monoisotopic (exact) mass is 440 g/mol. The summed E-state index contributed by atoms with van der Waals surface area (Å²) in [5.41, 5.74) is -3.47. The van der Waals surface area contributed by atoms with Crippen LogP contribution in [-0.4, -0.2) is 69.2 Å². The molecule has 2 aliphatic heterocycles. The molecule has 168 valence electrons. The molecule has 2 heterocycles. The summed E-state index contributed by atoms with van der Waals surface area (Å²) in [6.07, 6.45) is -5.52. The highest BCUT2D eigenvalue weighted by Gasteiger charge is 2.51. The van der Waals surface area contributed by atoms with Crippen molar-refractivity contribution in [2.24, 2.45) is 0 Å². The van der Waals surface area contributed by atoms with E-state index in [9.17, 15) is 33.1 Å². The molecular formula is C20H22F2N2O7. The number of likely N-dealkylation sites (tertiary alicyclic amines) is 1. The van der Waals surface area contributed by atoms with Crippen LogP contribution in [0.1, 0.15) is 54.3 Å². The van der Waals surface area contributed by atoms with Crippen molar-refractivity contribution in [1.29, 1.82) is 0 Å². The number of alkyl halides is 2. The van der Waals surface area contributed by atoms with E-state index in [0.717, 1.165) is 4.90 Å². The van der Waals surface area contributed by atoms with Crippen LogP contribution in [0.4, 0.5) is 13.6 Å². The molecule has 2 aliphatic rings. The third kappa shape index (κ3) is 4.36. The number of halogens is 2. The van der Waals surface area contributed by atoms with Crippen LogP contribution < -0.4 is 0 Å². The number of hydroxylamine groups is 2. The minimum absolute atomic E-state index is 0.0111. The largest absolute Gasteiger partial charge is 0.444 e. The molecule has 3 rings (SSSR count). The lowest BCUT2D eigenvalue weighted by Gasteiger charge is -2.42. The first-order chi connectivity index (χ1) is 14.3. The van der Waals surface area contributed by atoms with Gasteiger partial charge in [-0.25, -0.2) is 18.4 Å². The molecule has 11 heteroatoms. The molecule has 2 unspecified atom stereocenters. The van der Waals surface area contributed by atoms with Gasteiger partial charge in [0.05, 0.1) is 11.1 Å². The van der Waals surface area contributed by atoms with Crippen molar-refractivity contribution in [3.8, 4) is 0 Å². The lowest BCUT2D eigenvalue weighted by molar-refractivity contribution is -0.187. The first-order valence-corrected chi connectivity index (χ1v) is 9.54. The molecule has 0 saturated carbocycles. The molecule has 1 N–H and O–H groups in total. The molecule has 0 bridgehead atoms. The van der Waals surface area contributed by atoms with E-state index in [0.29, 0.717) is 0 Å². The SMILES string of the molecule is CC(C)(C)OC(=O)N1CCC(O)(C(F)F)CC1C(=O)ON1C(=O)c2ccccc2C1=O. The Labute approximate surface area is 176 Å². The van der Waals surface area contributed by atoms with E-state index in [1.54, 1.807) is 20.8 Å². The van der Waals surface area contributed by atoms with E-state index in [2.05, 4.69) is 0 Å². The van der Waals surface area contributed by atoms with E-state index in [4.69, 9.17) is 9.57 Å². The highest BCUT2D eigenvalue weighted by Crippen LogP contribution is 2.34. The van der Waals surface area contributed by atoms with Crippen LogP contribution in [-0.2, 0) is 14.4 Å². The molecule has 0 radical (unpaired) electrons. The van der Waals surface area contributed by atoms with Gasteiger partial charge in [0, 0.05) is 13.0 Å². The van der Waals surface area contributed by atoms with Crippen molar-refractivity contribution in [1.82, 2.24) is 9.96 Å². The smallest absolute Gasteiger partial charge is 0.411 e. The zero-order valence-electron chi connectivity index (χ0n) is 17.1. The number of carbonyl (C=O) groups is 4. The predicted molar refractivity (Wildman–Crippen MR) is 99.9 cm³/mol. The van der Waals surface area contributed by atoms with E-state index in [1.807, 2.05) is 0 Å². The number of hydrogen-bond donors (Lipinski definition) is 1. The van der Waals surface area contributed by atoms with Gasteiger partial charge in [0.1, 0.15) is 17.2 Å². The van der Waals surface area contributed by atoms with E-state index in [1.165, 1.54) is 24.3 Å². The Morgan fingerprint density at radius 1 is 1.16 bits per heavy atom. The van der Waals surface area contributed by atoms with Crippen LogP contribution in [0.5, 0.6) is 0 Å². The van der Waals surface area contributed by atoms with E-state index in [-0.39, 0.29) is 16.2 Å². The number of ether oxygens (including phenoxy) is 1. The van der Waals surface area contributed by atoms with Crippen LogP contribution in [0.25, 0.3) is 0 Å². The summed E-state index contributed by atoms with van der Waals surface area (Å²) in [5, 5.41) is 10.4. The highest BCUT2D eigenvalue weighted by molar-refractivity contribution is 6.20. The van der Waals surface area contributed by atoms with Gasteiger partial charge in [-0.05, 0) is 39.3 Å². The summed E-state index contributed by atoms with van der Waals surface area (Å²) < 4.78 is 32.0. The fourth-order valence-corrected chi connectivity index (χ4v) is 3.37. The number of nitrogens with zero attached hydrogens (tertiary/aromatic N) is 2. The van der Waals surface area contributed by atoms with Crippen molar-refractivity contribution in [3.05, 3.63) is 35.4 Å². The maximum Gasteiger partial charge on any atom is 0.411 e. The topological polar surface area (TPSA) is 113 Å².